The van der Waals surface area contributed by atoms with E-state index in [1.165, 1.54) is 34.8 Å². The Bertz CT molecular complexity index is 1560. The van der Waals surface area contributed by atoms with Gasteiger partial charge in [0.1, 0.15) is 0 Å². The van der Waals surface area contributed by atoms with Gasteiger partial charge in [-0.05, 0) is 0 Å². The first-order chi connectivity index (χ1) is 19.8. The molecule has 2 aromatic carbocycles. The van der Waals surface area contributed by atoms with E-state index >= 15 is 4.39 Å². The molecule has 9 nitrogen and oxygen atoms in total. The Balaban J connectivity index is 1.38. The topological polar surface area (TPSA) is 97.2 Å². The van der Waals surface area contributed by atoms with E-state index in [9.17, 15) is 4.79 Å². The second-order valence-corrected chi connectivity index (χ2v) is 12.6. The number of halogens is 2. The van der Waals surface area contributed by atoms with Crippen LogP contribution in [0.25, 0.3) is 11.1 Å². The van der Waals surface area contributed by atoms with Gasteiger partial charge < -0.3 is 0 Å². The van der Waals surface area contributed by atoms with Gasteiger partial charge in [-0.15, -0.1) is 0 Å². The third kappa shape index (κ3) is 6.96. The van der Waals surface area contributed by atoms with Crippen molar-refractivity contribution in [3.8, 4) is 11.1 Å². The Labute approximate surface area is 250 Å². The normalized spacial score (nSPS) is 13.8. The van der Waals surface area contributed by atoms with Gasteiger partial charge in [-0.3, -0.25) is 0 Å². The quantitative estimate of drug-likeness (QED) is 0.272. The first-order valence-electron chi connectivity index (χ1n) is 13.2. The van der Waals surface area contributed by atoms with Crippen LogP contribution < -0.4 is 19.6 Å². The molecule has 0 unspecified atom stereocenters. The molecule has 41 heavy (non-hydrogen) atoms. The summed E-state index contributed by atoms with van der Waals surface area (Å²) in [5.74, 6) is -0.812. The number of aromatic nitrogens is 4. The zero-order valence-corrected chi connectivity index (χ0v) is 25.7. The van der Waals surface area contributed by atoms with Gasteiger partial charge in [0.25, 0.3) is 0 Å². The van der Waals surface area contributed by atoms with Crippen LogP contribution in [0.4, 0.5) is 15.9 Å². The number of benzene rings is 2. The molecule has 0 aliphatic carbocycles. The van der Waals surface area contributed by atoms with Gasteiger partial charge in [-0.1, -0.05) is 0 Å². The number of rotatable bonds is 9. The molecular formula is C29H31AsClFN7O2. The van der Waals surface area contributed by atoms with E-state index in [0.29, 0.717) is 15.7 Å². The maximum atomic E-state index is 15.5. The van der Waals surface area contributed by atoms with Crippen molar-refractivity contribution in [2.24, 2.45) is 7.05 Å². The van der Waals surface area contributed by atoms with Crippen LogP contribution in [0.5, 0.6) is 0 Å². The van der Waals surface area contributed by atoms with Crippen molar-refractivity contribution in [2.75, 3.05) is 45.7 Å². The third-order valence-corrected chi connectivity index (χ3v) is 9.27. The first kappa shape index (κ1) is 29.2. The van der Waals surface area contributed by atoms with E-state index in [0.717, 1.165) is 39.1 Å². The summed E-state index contributed by atoms with van der Waals surface area (Å²) in [7, 11) is 5.01. The molecule has 1 radical (unpaired) electrons. The summed E-state index contributed by atoms with van der Waals surface area (Å²) < 4.78 is 24.2. The minimum atomic E-state index is -0.611. The molecule has 2 N–H and O–H groups in total. The van der Waals surface area contributed by atoms with Crippen LogP contribution in [-0.4, -0.2) is 86.7 Å². The molecule has 0 atom stereocenters. The zero-order chi connectivity index (χ0) is 28.9. The molecule has 5 rings (SSSR count). The van der Waals surface area contributed by atoms with Gasteiger partial charge in [0.2, 0.25) is 0 Å². The summed E-state index contributed by atoms with van der Waals surface area (Å²) in [5.41, 5.74) is 4.07. The maximum absolute atomic E-state index is 15.5. The number of carbonyl (C=O) groups excluding carboxylic acids is 1. The molecule has 4 aromatic rings. The number of aryl methyl sites for hydroxylation is 1. The second-order valence-electron chi connectivity index (χ2n) is 9.75. The average Bonchev–Trinajstić information content (AvgIpc) is 3.31. The predicted molar refractivity (Wildman–Crippen MR) is 160 cm³/mol. The van der Waals surface area contributed by atoms with E-state index in [2.05, 4.69) is 48.8 Å². The molecule has 213 valence electrons. The number of amides is 1. The van der Waals surface area contributed by atoms with Crippen molar-refractivity contribution in [2.45, 2.75) is 12.8 Å². The first-order valence-corrected chi connectivity index (χ1v) is 15.5. The number of methoxy groups -OCH3 is 1. The summed E-state index contributed by atoms with van der Waals surface area (Å²) in [6.07, 6.45) is 6.89. The molecule has 0 saturated heterocycles. The number of nitrogens with one attached hydrogen (secondary N) is 2. The Morgan fingerprint density at radius 1 is 1.15 bits per heavy atom. The third-order valence-electron chi connectivity index (χ3n) is 7.00. The fraction of sp³-hybridized carbons (Fsp3) is 0.310. The molecule has 1 aliphatic heterocycles. The molecule has 3 heterocycles. The van der Waals surface area contributed by atoms with Gasteiger partial charge >= 0.3 is 251 Å². The molecule has 12 heteroatoms. The molecule has 1 amide bonds. The number of hydrogen-bond donors (Lipinski definition) is 2. The summed E-state index contributed by atoms with van der Waals surface area (Å²) >= 11 is 5.89. The summed E-state index contributed by atoms with van der Waals surface area (Å²) in [4.78, 5) is 24.3. The van der Waals surface area contributed by atoms with Crippen LogP contribution in [0.3, 0.4) is 0 Å². The summed E-state index contributed by atoms with van der Waals surface area (Å²) in [5, 5.41) is 9.93. The molecule has 0 spiro atoms. The fourth-order valence-electron chi connectivity index (χ4n) is 4.79. The molecule has 1 aliphatic rings. The van der Waals surface area contributed by atoms with Crippen LogP contribution in [0.2, 0.25) is 5.02 Å². The van der Waals surface area contributed by atoms with Crippen molar-refractivity contribution in [3.05, 3.63) is 76.5 Å². The fourth-order valence-corrected chi connectivity index (χ4v) is 6.74. The number of anilines is 2. The van der Waals surface area contributed by atoms with E-state index in [4.69, 9.17) is 16.3 Å². The van der Waals surface area contributed by atoms with Crippen molar-refractivity contribution in [1.82, 2.24) is 30.0 Å². The number of ether oxygens (including phenoxy) is 1. The van der Waals surface area contributed by atoms with Gasteiger partial charge in [0.05, 0.1) is 0 Å². The molecule has 0 saturated carbocycles. The molecule has 0 bridgehead atoms. The van der Waals surface area contributed by atoms with Gasteiger partial charge in [0.15, 0.2) is 0 Å². The van der Waals surface area contributed by atoms with Crippen molar-refractivity contribution in [1.29, 1.82) is 0 Å². The van der Waals surface area contributed by atoms with Crippen molar-refractivity contribution in [3.63, 3.8) is 0 Å². The summed E-state index contributed by atoms with van der Waals surface area (Å²) in [6, 6.07) is 9.61. The van der Waals surface area contributed by atoms with E-state index in [1.807, 2.05) is 0 Å². The molecule has 0 fully saturated rings. The van der Waals surface area contributed by atoms with E-state index in [1.54, 1.807) is 37.3 Å². The van der Waals surface area contributed by atoms with Gasteiger partial charge in [0, 0.05) is 0 Å². The zero-order valence-electron chi connectivity index (χ0n) is 23.1. The average molecular weight is 639 g/mol. The Morgan fingerprint density at radius 3 is 2.68 bits per heavy atom. The van der Waals surface area contributed by atoms with Gasteiger partial charge in [-0.25, -0.2) is 0 Å². The van der Waals surface area contributed by atoms with E-state index < -0.39 is 27.5 Å². The van der Waals surface area contributed by atoms with Crippen LogP contribution in [0.1, 0.15) is 21.5 Å². The molecular weight excluding hydrogens is 608 g/mol. The summed E-state index contributed by atoms with van der Waals surface area (Å²) in [6.45, 7) is 3.70. The second kappa shape index (κ2) is 13.1. The number of carbonyl (C=O) groups is 1. The Hall–Kier alpha value is -3.30. The van der Waals surface area contributed by atoms with Crippen LogP contribution in [0.15, 0.2) is 48.9 Å². The van der Waals surface area contributed by atoms with Crippen LogP contribution in [-0.2, 0) is 24.6 Å². The number of hydrogen-bond acceptors (Lipinski definition) is 7. The van der Waals surface area contributed by atoms with Crippen molar-refractivity contribution < 1.29 is 13.9 Å². The van der Waals surface area contributed by atoms with E-state index in [-0.39, 0.29) is 22.1 Å². The Kier molecular flexibility index (Phi) is 9.35. The van der Waals surface area contributed by atoms with Crippen LogP contribution >= 0.6 is 11.6 Å². The van der Waals surface area contributed by atoms with Crippen molar-refractivity contribution >= 4 is 53.7 Å². The Morgan fingerprint density at radius 2 is 1.95 bits per heavy atom. The number of nitrogens with zero attached hydrogens (tertiary/aromatic N) is 5. The minimum absolute atomic E-state index is 0.0113. The van der Waals surface area contributed by atoms with Gasteiger partial charge in [-0.2, -0.15) is 0 Å². The predicted octanol–water partition coefficient (Wildman–Crippen LogP) is 2.47. The monoisotopic (exact) mass is 638 g/mol. The van der Waals surface area contributed by atoms with Crippen LogP contribution in [0, 0.1) is 5.82 Å². The molecule has 2 aromatic heterocycles. The number of fused-ring (bicyclic) bond motifs is 1. The standard InChI is InChI=1S/C29H31AsClFN7O2/c1-33-28(40)23-13-20(21-15-35-38(2)17-21)14-25(32)26(23)36-27-24(31)16-34-29(37-27)30-22-5-4-18-6-8-39(10-11-41-3)9-7-19(18)12-22/h4-5,12-17H,6-11H2,1-3H3,(H,33,40)(H,34,36,37). The SMILES string of the molecule is CNC(=O)c1cc(-c2cnn(C)c2)cc(F)c1Nc1nc([As]c2ccc3c(c2)CCN(CCOC)CC3)ncc1Cl.